The Balaban J connectivity index is 0.00000243. The number of piperidine rings is 1. The maximum atomic E-state index is 11.2. The molecule has 0 aliphatic carbocycles. The van der Waals surface area contributed by atoms with Crippen molar-refractivity contribution < 1.29 is 4.79 Å². The predicted octanol–water partition coefficient (Wildman–Crippen LogP) is 2.84. The van der Waals surface area contributed by atoms with Crippen LogP contribution in [0.3, 0.4) is 0 Å². The zero-order valence-corrected chi connectivity index (χ0v) is 17.5. The number of nitrogens with two attached hydrogens (primary N) is 1. The first-order valence-corrected chi connectivity index (χ1v) is 9.04. The van der Waals surface area contributed by atoms with E-state index in [1.807, 2.05) is 12.1 Å². The number of aliphatic imine (C=N–C) groups is 1. The second kappa shape index (κ2) is 9.80. The third kappa shape index (κ3) is 5.36. The van der Waals surface area contributed by atoms with Crippen LogP contribution in [0, 0.1) is 5.92 Å². The lowest BCUT2D eigenvalue weighted by molar-refractivity contribution is -0.119. The Bertz CT molecular complexity index is 724. The van der Waals surface area contributed by atoms with Crippen LogP contribution in [0.25, 0.3) is 10.9 Å². The number of halogens is 1. The van der Waals surface area contributed by atoms with E-state index in [0.717, 1.165) is 49.6 Å². The number of benzene rings is 1. The Labute approximate surface area is 171 Å². The van der Waals surface area contributed by atoms with E-state index in [9.17, 15) is 4.79 Å². The summed E-state index contributed by atoms with van der Waals surface area (Å²) in [6, 6.07) is 10.4. The number of hydrogen-bond acceptors (Lipinski definition) is 2. The van der Waals surface area contributed by atoms with Crippen LogP contribution in [0.4, 0.5) is 0 Å². The average molecular weight is 469 g/mol. The largest absolute Gasteiger partial charge is 0.370 e. The topological polar surface area (TPSA) is 86.5 Å². The molecule has 0 radical (unpaired) electrons. The van der Waals surface area contributed by atoms with Gasteiger partial charge in [-0.1, -0.05) is 18.2 Å². The zero-order valence-electron chi connectivity index (χ0n) is 15.2. The van der Waals surface area contributed by atoms with Crippen molar-refractivity contribution in [2.45, 2.75) is 32.7 Å². The number of amides is 1. The molecule has 6 nitrogen and oxygen atoms in total. The van der Waals surface area contributed by atoms with Crippen LogP contribution >= 0.6 is 24.0 Å². The number of aromatic nitrogens is 1. The van der Waals surface area contributed by atoms with Gasteiger partial charge in [0.25, 0.3) is 0 Å². The third-order valence-corrected chi connectivity index (χ3v) is 4.63. The number of nitrogens with one attached hydrogen (secondary N) is 2. The molecular formula is C19H28IN5O. The summed E-state index contributed by atoms with van der Waals surface area (Å²) in [5.41, 5.74) is 7.60. The summed E-state index contributed by atoms with van der Waals surface area (Å²) in [5, 5.41) is 4.58. The van der Waals surface area contributed by atoms with Crippen LogP contribution in [0.2, 0.25) is 0 Å². The molecule has 1 aromatic heterocycles. The first-order chi connectivity index (χ1) is 12.2. The number of likely N-dealkylation sites (tertiary alicyclic amines) is 1. The van der Waals surface area contributed by atoms with Gasteiger partial charge in [-0.15, -0.1) is 24.0 Å². The molecule has 7 heteroatoms. The molecule has 4 N–H and O–H groups in total. The van der Waals surface area contributed by atoms with E-state index in [1.54, 1.807) is 0 Å². The van der Waals surface area contributed by atoms with E-state index in [-0.39, 0.29) is 29.9 Å². The van der Waals surface area contributed by atoms with Crippen molar-refractivity contribution in [1.82, 2.24) is 15.2 Å². The summed E-state index contributed by atoms with van der Waals surface area (Å²) >= 11 is 0. The number of carbonyl (C=O) groups is 1. The monoisotopic (exact) mass is 469 g/mol. The fourth-order valence-corrected chi connectivity index (χ4v) is 3.51. The van der Waals surface area contributed by atoms with Gasteiger partial charge < -0.3 is 20.9 Å². The molecule has 3 rings (SSSR count). The number of H-pyrrole nitrogens is 1. The van der Waals surface area contributed by atoms with Gasteiger partial charge >= 0.3 is 0 Å². The zero-order chi connectivity index (χ0) is 17.6. The Morgan fingerprint density at radius 3 is 2.96 bits per heavy atom. The van der Waals surface area contributed by atoms with Crippen LogP contribution in [0.5, 0.6) is 0 Å². The summed E-state index contributed by atoms with van der Waals surface area (Å²) in [7, 11) is 0. The van der Waals surface area contributed by atoms with Crippen molar-refractivity contribution in [2.75, 3.05) is 19.6 Å². The number of nitrogens with zero attached hydrogens (tertiary/aromatic N) is 2. The molecule has 1 atom stereocenters. The minimum Gasteiger partial charge on any atom is -0.370 e. The lowest BCUT2D eigenvalue weighted by Crippen LogP contribution is -2.47. The molecule has 1 aliphatic rings. The molecule has 142 valence electrons. The van der Waals surface area contributed by atoms with Gasteiger partial charge in [0.15, 0.2) is 5.96 Å². The highest BCUT2D eigenvalue weighted by Crippen LogP contribution is 2.20. The number of primary amides is 1. The molecule has 0 spiro atoms. The van der Waals surface area contributed by atoms with Crippen molar-refractivity contribution >= 4 is 46.7 Å². The van der Waals surface area contributed by atoms with Gasteiger partial charge in [-0.3, -0.25) is 4.79 Å². The minimum absolute atomic E-state index is 0. The van der Waals surface area contributed by atoms with Crippen LogP contribution in [0.15, 0.2) is 35.3 Å². The average Bonchev–Trinajstić information content (AvgIpc) is 3.01. The highest BCUT2D eigenvalue weighted by molar-refractivity contribution is 14.0. The molecule has 26 heavy (non-hydrogen) atoms. The number of guanidine groups is 1. The first-order valence-electron chi connectivity index (χ1n) is 9.04. The molecule has 0 bridgehead atoms. The Hall–Kier alpha value is -1.77. The van der Waals surface area contributed by atoms with E-state index < -0.39 is 0 Å². The van der Waals surface area contributed by atoms with E-state index >= 15 is 0 Å². The van der Waals surface area contributed by atoms with E-state index in [2.05, 4.69) is 40.3 Å². The molecular weight excluding hydrogens is 441 g/mol. The predicted molar refractivity (Wildman–Crippen MR) is 117 cm³/mol. The van der Waals surface area contributed by atoms with Gasteiger partial charge in [-0.05, 0) is 43.2 Å². The summed E-state index contributed by atoms with van der Waals surface area (Å²) in [4.78, 5) is 21.7. The molecule has 1 unspecified atom stereocenters. The van der Waals surface area contributed by atoms with Crippen molar-refractivity contribution in [3.05, 3.63) is 36.0 Å². The van der Waals surface area contributed by atoms with Crippen molar-refractivity contribution in [3.8, 4) is 0 Å². The Kier molecular flexibility index (Phi) is 7.74. The maximum absolute atomic E-state index is 11.2. The molecule has 2 aromatic rings. The number of fused-ring (bicyclic) bond motifs is 1. The van der Waals surface area contributed by atoms with Crippen molar-refractivity contribution in [1.29, 1.82) is 0 Å². The summed E-state index contributed by atoms with van der Waals surface area (Å²) < 4.78 is 0. The molecule has 0 saturated carbocycles. The highest BCUT2D eigenvalue weighted by atomic mass is 127. The van der Waals surface area contributed by atoms with Crippen LogP contribution in [-0.2, 0) is 11.3 Å². The minimum atomic E-state index is -0.216. The van der Waals surface area contributed by atoms with E-state index in [4.69, 9.17) is 10.7 Å². The van der Waals surface area contributed by atoms with Gasteiger partial charge in [-0.2, -0.15) is 0 Å². The van der Waals surface area contributed by atoms with Crippen LogP contribution in [-0.4, -0.2) is 41.4 Å². The molecule has 1 aliphatic heterocycles. The molecule has 1 aromatic carbocycles. The van der Waals surface area contributed by atoms with Gasteiger partial charge in [-0.25, -0.2) is 4.99 Å². The van der Waals surface area contributed by atoms with Gasteiger partial charge in [0.1, 0.15) is 0 Å². The quantitative estimate of drug-likeness (QED) is 0.358. The van der Waals surface area contributed by atoms with E-state index in [1.165, 1.54) is 5.39 Å². The normalized spacial score (nSPS) is 17.8. The second-order valence-electron chi connectivity index (χ2n) is 6.68. The fourth-order valence-electron chi connectivity index (χ4n) is 3.51. The number of rotatable bonds is 5. The van der Waals surface area contributed by atoms with Gasteiger partial charge in [0.2, 0.25) is 5.91 Å². The standard InChI is InChI=1S/C19H27N5O.HI/c1-2-21-19(24-9-5-6-14(13-24)10-18(20)25)22-12-16-11-15-7-3-4-8-17(15)23-16;/h3-4,7-8,11,14,23H,2,5-6,9-10,12-13H2,1H3,(H2,20,25)(H,21,22);1H. The second-order valence-corrected chi connectivity index (χ2v) is 6.68. The van der Waals surface area contributed by atoms with Crippen molar-refractivity contribution in [2.24, 2.45) is 16.6 Å². The van der Waals surface area contributed by atoms with Crippen LogP contribution in [0.1, 0.15) is 31.9 Å². The van der Waals surface area contributed by atoms with Gasteiger partial charge in [0, 0.05) is 37.3 Å². The molecule has 2 heterocycles. The van der Waals surface area contributed by atoms with E-state index in [0.29, 0.717) is 18.9 Å². The SMILES string of the molecule is CCNC(=NCc1cc2ccccc2[nH]1)N1CCCC(CC(N)=O)C1.I. The lowest BCUT2D eigenvalue weighted by atomic mass is 9.95. The highest BCUT2D eigenvalue weighted by Gasteiger charge is 2.23. The third-order valence-electron chi connectivity index (χ3n) is 4.63. The molecule has 1 fully saturated rings. The lowest BCUT2D eigenvalue weighted by Gasteiger charge is -2.34. The number of aromatic amines is 1. The van der Waals surface area contributed by atoms with Crippen molar-refractivity contribution in [3.63, 3.8) is 0 Å². The fraction of sp³-hybridized carbons (Fsp3) is 0.474. The smallest absolute Gasteiger partial charge is 0.217 e. The first kappa shape index (κ1) is 20.5. The summed E-state index contributed by atoms with van der Waals surface area (Å²) in [6.45, 7) is 5.30. The summed E-state index contributed by atoms with van der Waals surface area (Å²) in [5.74, 6) is 1.02. The maximum Gasteiger partial charge on any atom is 0.217 e. The molecule has 1 amide bonds. The number of hydrogen-bond donors (Lipinski definition) is 3. The summed E-state index contributed by atoms with van der Waals surface area (Å²) in [6.07, 6.45) is 2.58. The molecule has 1 saturated heterocycles. The number of carbonyl (C=O) groups excluding carboxylic acids is 1. The van der Waals surface area contributed by atoms with Crippen LogP contribution < -0.4 is 11.1 Å². The van der Waals surface area contributed by atoms with Gasteiger partial charge in [0.05, 0.1) is 6.54 Å². The Morgan fingerprint density at radius 2 is 2.23 bits per heavy atom. The number of para-hydroxylation sites is 1. The Morgan fingerprint density at radius 1 is 1.42 bits per heavy atom.